The number of hydrogen-bond donors (Lipinski definition) is 1. The van der Waals surface area contributed by atoms with Crippen molar-refractivity contribution in [1.29, 1.82) is 0 Å². The molecule has 1 N–H and O–H groups in total. The molecule has 31 heavy (non-hydrogen) atoms. The van der Waals surface area contributed by atoms with Crippen molar-refractivity contribution in [3.63, 3.8) is 0 Å². The van der Waals surface area contributed by atoms with E-state index in [4.69, 9.17) is 4.74 Å². The van der Waals surface area contributed by atoms with E-state index < -0.39 is 0 Å². The van der Waals surface area contributed by atoms with Crippen LogP contribution in [0.2, 0.25) is 0 Å². The molecule has 2 aliphatic rings. The maximum absolute atomic E-state index is 11.2. The molecule has 3 aromatic carbocycles. The van der Waals surface area contributed by atoms with Crippen molar-refractivity contribution in [2.45, 2.75) is 65.2 Å². The zero-order valence-corrected chi connectivity index (χ0v) is 19.5. The summed E-state index contributed by atoms with van der Waals surface area (Å²) in [6, 6.07) is 17.2. The van der Waals surface area contributed by atoms with Gasteiger partial charge in [0.15, 0.2) is 0 Å². The van der Waals surface area contributed by atoms with Gasteiger partial charge in [-0.3, -0.25) is 0 Å². The van der Waals surface area contributed by atoms with Crippen molar-refractivity contribution in [2.75, 3.05) is 7.11 Å². The van der Waals surface area contributed by atoms with Gasteiger partial charge in [-0.1, -0.05) is 58.4 Å². The molecule has 1 spiro atoms. The second kappa shape index (κ2) is 6.76. The summed E-state index contributed by atoms with van der Waals surface area (Å²) in [5.41, 5.74) is 5.87. The van der Waals surface area contributed by atoms with E-state index in [-0.39, 0.29) is 16.2 Å². The number of ether oxygens (including phenoxy) is 1. The molecule has 2 heteroatoms. The largest absolute Gasteiger partial charge is 0.507 e. The van der Waals surface area contributed by atoms with E-state index >= 15 is 0 Å². The summed E-state index contributed by atoms with van der Waals surface area (Å²) < 4.78 is 5.45. The van der Waals surface area contributed by atoms with E-state index in [2.05, 4.69) is 64.1 Å². The van der Waals surface area contributed by atoms with E-state index in [0.29, 0.717) is 5.75 Å². The number of hydrogen-bond acceptors (Lipinski definition) is 2. The fourth-order valence-electron chi connectivity index (χ4n) is 6.55. The van der Waals surface area contributed by atoms with Crippen molar-refractivity contribution < 1.29 is 9.84 Å². The van der Waals surface area contributed by atoms with Gasteiger partial charge in [0.05, 0.1) is 7.11 Å². The Kier molecular flexibility index (Phi) is 4.45. The van der Waals surface area contributed by atoms with E-state index in [0.717, 1.165) is 29.4 Å². The first kappa shape index (κ1) is 20.4. The second-order valence-electron chi connectivity index (χ2n) is 11.0. The van der Waals surface area contributed by atoms with Gasteiger partial charge in [-0.15, -0.1) is 0 Å². The van der Waals surface area contributed by atoms with Crippen LogP contribution < -0.4 is 4.74 Å². The van der Waals surface area contributed by atoms with Crippen molar-refractivity contribution >= 4 is 10.8 Å². The van der Waals surface area contributed by atoms with Crippen molar-refractivity contribution in [3.8, 4) is 22.6 Å². The van der Waals surface area contributed by atoms with E-state index in [1.165, 1.54) is 41.5 Å². The van der Waals surface area contributed by atoms with Crippen LogP contribution in [-0.4, -0.2) is 12.2 Å². The molecule has 1 saturated carbocycles. The van der Waals surface area contributed by atoms with Gasteiger partial charge in [-0.05, 0) is 88.4 Å². The number of phenolic OH excluding ortho intramolecular Hbond substituents is 1. The van der Waals surface area contributed by atoms with E-state index in [9.17, 15) is 5.11 Å². The van der Waals surface area contributed by atoms with Crippen molar-refractivity contribution in [1.82, 2.24) is 0 Å². The Bertz CT molecular complexity index is 1170. The minimum atomic E-state index is -0.0672. The lowest BCUT2D eigenvalue weighted by Crippen LogP contribution is -2.33. The van der Waals surface area contributed by atoms with Gasteiger partial charge in [0.1, 0.15) is 11.5 Å². The molecule has 1 fully saturated rings. The summed E-state index contributed by atoms with van der Waals surface area (Å²) in [6.07, 6.45) is 5.92. The predicted octanol–water partition coefficient (Wildman–Crippen LogP) is 7.84. The minimum absolute atomic E-state index is 0.0672. The summed E-state index contributed by atoms with van der Waals surface area (Å²) in [7, 11) is 1.68. The first-order valence-electron chi connectivity index (χ1n) is 11.7. The molecule has 3 aromatic rings. The molecule has 2 atom stereocenters. The lowest BCUT2D eigenvalue weighted by Gasteiger charge is -2.40. The third-order valence-corrected chi connectivity index (χ3v) is 8.32. The zero-order chi connectivity index (χ0) is 22.0. The molecule has 2 unspecified atom stereocenters. The highest BCUT2D eigenvalue weighted by atomic mass is 16.5. The fourth-order valence-corrected chi connectivity index (χ4v) is 6.55. The lowest BCUT2D eigenvalue weighted by molar-refractivity contribution is 0.225. The molecule has 0 amide bonds. The Morgan fingerprint density at radius 1 is 0.903 bits per heavy atom. The Hall–Kier alpha value is -2.48. The van der Waals surface area contributed by atoms with Gasteiger partial charge < -0.3 is 9.84 Å². The van der Waals surface area contributed by atoms with Crippen LogP contribution in [0.4, 0.5) is 0 Å². The van der Waals surface area contributed by atoms with Crippen LogP contribution in [0.3, 0.4) is 0 Å². The van der Waals surface area contributed by atoms with Gasteiger partial charge in [-0.25, -0.2) is 0 Å². The third kappa shape index (κ3) is 2.98. The van der Waals surface area contributed by atoms with Gasteiger partial charge in [0.25, 0.3) is 0 Å². The molecule has 0 heterocycles. The van der Waals surface area contributed by atoms with Crippen LogP contribution in [0.25, 0.3) is 21.9 Å². The number of rotatable bonds is 2. The van der Waals surface area contributed by atoms with E-state index in [1.807, 2.05) is 12.1 Å². The summed E-state index contributed by atoms with van der Waals surface area (Å²) in [4.78, 5) is 0. The highest BCUT2D eigenvalue weighted by Crippen LogP contribution is 2.63. The minimum Gasteiger partial charge on any atom is -0.507 e. The normalized spacial score (nSPS) is 26.5. The van der Waals surface area contributed by atoms with Gasteiger partial charge in [-0.2, -0.15) is 0 Å². The molecule has 0 radical (unpaired) electrons. The molecule has 0 saturated heterocycles. The highest BCUT2D eigenvalue weighted by molar-refractivity contribution is 6.05. The smallest absolute Gasteiger partial charge is 0.123 e. The standard InChI is InChI=1S/C29H34O2/c1-6-28(4)14-13-27(2,3)17-29(18-28)23-10-8-7-9-21(23)26-20-12-11-19(31-5)15-22(20)25(30)16-24(26)29/h7-12,15-16,30H,6,13-14,17-18H2,1-5H3. The van der Waals surface area contributed by atoms with E-state index in [1.54, 1.807) is 7.11 Å². The molecule has 0 aromatic heterocycles. The number of aromatic hydroxyl groups is 1. The number of fused-ring (bicyclic) bond motifs is 7. The SMILES string of the molecule is CCC1(C)CCC(C)(C)CC2(C1)c1ccccc1-c1c2cc(O)c2cc(OC)ccc12. The van der Waals surface area contributed by atoms with Gasteiger partial charge >= 0.3 is 0 Å². The molecule has 5 rings (SSSR count). The molecule has 162 valence electrons. The highest BCUT2D eigenvalue weighted by Gasteiger charge is 2.52. The van der Waals surface area contributed by atoms with Crippen molar-refractivity contribution in [3.05, 3.63) is 59.7 Å². The summed E-state index contributed by atoms with van der Waals surface area (Å²) >= 11 is 0. The average molecular weight is 415 g/mol. The van der Waals surface area contributed by atoms with Crippen LogP contribution in [0.15, 0.2) is 48.5 Å². The predicted molar refractivity (Wildman–Crippen MR) is 129 cm³/mol. The number of benzene rings is 3. The monoisotopic (exact) mass is 414 g/mol. The second-order valence-corrected chi connectivity index (χ2v) is 11.0. The van der Waals surface area contributed by atoms with Crippen LogP contribution in [0, 0.1) is 10.8 Å². The molecule has 0 aliphatic heterocycles. The zero-order valence-electron chi connectivity index (χ0n) is 19.5. The first-order chi connectivity index (χ1) is 14.7. The molecular formula is C29H34O2. The lowest BCUT2D eigenvalue weighted by atomic mass is 9.63. The number of phenols is 1. The first-order valence-corrected chi connectivity index (χ1v) is 11.7. The topological polar surface area (TPSA) is 29.5 Å². The Morgan fingerprint density at radius 2 is 1.68 bits per heavy atom. The van der Waals surface area contributed by atoms with Crippen LogP contribution >= 0.6 is 0 Å². The van der Waals surface area contributed by atoms with Gasteiger partial charge in [0, 0.05) is 10.8 Å². The maximum atomic E-state index is 11.2. The van der Waals surface area contributed by atoms with Crippen LogP contribution in [-0.2, 0) is 5.41 Å². The molecule has 0 bridgehead atoms. The number of methoxy groups -OCH3 is 1. The Balaban J connectivity index is 1.88. The van der Waals surface area contributed by atoms with Gasteiger partial charge in [0.2, 0.25) is 0 Å². The van der Waals surface area contributed by atoms with Crippen molar-refractivity contribution in [2.24, 2.45) is 10.8 Å². The Labute approximate surface area is 186 Å². The maximum Gasteiger partial charge on any atom is 0.123 e. The molecule has 2 aliphatic carbocycles. The quantitative estimate of drug-likeness (QED) is 0.463. The average Bonchev–Trinajstić information content (AvgIpc) is 2.93. The van der Waals surface area contributed by atoms with Crippen LogP contribution in [0.5, 0.6) is 11.5 Å². The summed E-state index contributed by atoms with van der Waals surface area (Å²) in [5, 5.41) is 13.2. The summed E-state index contributed by atoms with van der Waals surface area (Å²) in [5.74, 6) is 1.14. The molecular weight excluding hydrogens is 380 g/mol. The Morgan fingerprint density at radius 3 is 2.42 bits per heavy atom. The summed E-state index contributed by atoms with van der Waals surface area (Å²) in [6.45, 7) is 9.69. The van der Waals surface area contributed by atoms with Crippen LogP contribution in [0.1, 0.15) is 70.9 Å². The molecule has 2 nitrogen and oxygen atoms in total. The fraction of sp³-hybridized carbons (Fsp3) is 0.448. The third-order valence-electron chi connectivity index (χ3n) is 8.32.